The average Bonchev–Trinajstić information content (AvgIpc) is 2.60. The van der Waals surface area contributed by atoms with E-state index in [1.807, 2.05) is 0 Å². The highest BCUT2D eigenvalue weighted by Gasteiger charge is 2.75. The normalized spacial score (nSPS) is 49.0. The van der Waals surface area contributed by atoms with E-state index in [1.54, 1.807) is 0 Å². The zero-order valence-corrected chi connectivity index (χ0v) is 13.3. The van der Waals surface area contributed by atoms with Crippen LogP contribution in [-0.4, -0.2) is 18.9 Å². The molecule has 3 nitrogen and oxygen atoms in total. The van der Waals surface area contributed by atoms with Gasteiger partial charge in [-0.1, -0.05) is 34.1 Å². The van der Waals surface area contributed by atoms with Gasteiger partial charge in [0.05, 0.1) is 13.0 Å². The molecule has 0 radical (unpaired) electrons. The molecule has 3 rings (SSSR count). The third kappa shape index (κ3) is 1.37. The maximum Gasteiger partial charge on any atom is 0.309 e. The van der Waals surface area contributed by atoms with Gasteiger partial charge in [-0.3, -0.25) is 9.59 Å². The summed E-state index contributed by atoms with van der Waals surface area (Å²) >= 11 is 0. The molecule has 0 saturated heterocycles. The molecule has 4 bridgehead atoms. The van der Waals surface area contributed by atoms with E-state index in [4.69, 9.17) is 4.74 Å². The van der Waals surface area contributed by atoms with E-state index >= 15 is 0 Å². The van der Waals surface area contributed by atoms with Crippen molar-refractivity contribution in [2.75, 3.05) is 7.11 Å². The van der Waals surface area contributed by atoms with Gasteiger partial charge in [-0.25, -0.2) is 0 Å². The second-order valence-corrected chi connectivity index (χ2v) is 8.32. The molecular formula is C17H26O3. The van der Waals surface area contributed by atoms with E-state index in [0.717, 1.165) is 19.3 Å². The summed E-state index contributed by atoms with van der Waals surface area (Å²) in [7, 11) is 1.48. The number of esters is 1. The van der Waals surface area contributed by atoms with Crippen LogP contribution < -0.4 is 0 Å². The number of Topliss-reactive ketones (excluding diaryl/α,β-unsaturated/α-hetero) is 1. The summed E-state index contributed by atoms with van der Waals surface area (Å²) in [6.45, 7) is 8.88. The monoisotopic (exact) mass is 278 g/mol. The lowest BCUT2D eigenvalue weighted by Gasteiger charge is -2.45. The van der Waals surface area contributed by atoms with Gasteiger partial charge in [0.25, 0.3) is 0 Å². The molecule has 20 heavy (non-hydrogen) atoms. The Balaban J connectivity index is 2.20. The van der Waals surface area contributed by atoms with E-state index in [0.29, 0.717) is 12.2 Å². The quantitative estimate of drug-likeness (QED) is 0.692. The van der Waals surface area contributed by atoms with E-state index in [1.165, 1.54) is 7.11 Å². The summed E-state index contributed by atoms with van der Waals surface area (Å²) in [5, 5.41) is 0. The predicted molar refractivity (Wildman–Crippen MR) is 76.0 cm³/mol. The van der Waals surface area contributed by atoms with Crippen LogP contribution in [0.3, 0.4) is 0 Å². The second-order valence-electron chi connectivity index (χ2n) is 8.32. The maximum atomic E-state index is 12.6. The van der Waals surface area contributed by atoms with Gasteiger partial charge in [0.15, 0.2) is 0 Å². The molecule has 112 valence electrons. The fourth-order valence-corrected chi connectivity index (χ4v) is 5.99. The third-order valence-electron chi connectivity index (χ3n) is 7.16. The van der Waals surface area contributed by atoms with Crippen LogP contribution in [0.1, 0.15) is 53.4 Å². The van der Waals surface area contributed by atoms with Crippen LogP contribution >= 0.6 is 0 Å². The van der Waals surface area contributed by atoms with Crippen molar-refractivity contribution >= 4 is 11.8 Å². The van der Waals surface area contributed by atoms with E-state index in [-0.39, 0.29) is 40.0 Å². The van der Waals surface area contributed by atoms with Gasteiger partial charge in [0, 0.05) is 12.3 Å². The minimum Gasteiger partial charge on any atom is -0.469 e. The van der Waals surface area contributed by atoms with Crippen molar-refractivity contribution in [2.45, 2.75) is 53.4 Å². The Bertz CT molecular complexity index is 481. The van der Waals surface area contributed by atoms with Crippen LogP contribution in [0.4, 0.5) is 0 Å². The first kappa shape index (κ1) is 14.1. The highest BCUT2D eigenvalue weighted by Crippen LogP contribution is 2.75. The zero-order chi connectivity index (χ0) is 14.9. The van der Waals surface area contributed by atoms with Gasteiger partial charge in [-0.2, -0.15) is 0 Å². The molecule has 0 spiro atoms. The highest BCUT2D eigenvalue weighted by molar-refractivity contribution is 5.91. The molecule has 0 heterocycles. The van der Waals surface area contributed by atoms with Crippen molar-refractivity contribution in [1.82, 2.24) is 0 Å². The van der Waals surface area contributed by atoms with Crippen molar-refractivity contribution in [2.24, 2.45) is 34.0 Å². The largest absolute Gasteiger partial charge is 0.469 e. The Labute approximate surface area is 121 Å². The summed E-state index contributed by atoms with van der Waals surface area (Å²) < 4.78 is 5.12. The number of hydrogen-bond acceptors (Lipinski definition) is 3. The predicted octanol–water partition coefficient (Wildman–Crippen LogP) is 3.22. The Morgan fingerprint density at radius 3 is 2.40 bits per heavy atom. The third-order valence-corrected chi connectivity index (χ3v) is 7.16. The number of carbonyl (C=O) groups excluding carboxylic acids is 2. The minimum absolute atomic E-state index is 0.0264. The molecule has 0 amide bonds. The van der Waals surface area contributed by atoms with Crippen LogP contribution in [-0.2, 0) is 14.3 Å². The first-order valence-corrected chi connectivity index (χ1v) is 7.79. The fraction of sp³-hybridized carbons (Fsp3) is 0.882. The van der Waals surface area contributed by atoms with E-state index in [9.17, 15) is 9.59 Å². The van der Waals surface area contributed by atoms with Gasteiger partial charge in [0.2, 0.25) is 0 Å². The van der Waals surface area contributed by atoms with E-state index < -0.39 is 0 Å². The van der Waals surface area contributed by atoms with Crippen molar-refractivity contribution in [1.29, 1.82) is 0 Å². The smallest absolute Gasteiger partial charge is 0.309 e. The minimum atomic E-state index is -0.218. The molecule has 3 aliphatic rings. The van der Waals surface area contributed by atoms with Gasteiger partial charge in [-0.15, -0.1) is 0 Å². The number of hydrogen-bond donors (Lipinski definition) is 0. The lowest BCUT2D eigenvalue weighted by atomic mass is 9.58. The lowest BCUT2D eigenvalue weighted by Crippen LogP contribution is -2.46. The maximum absolute atomic E-state index is 12.6. The zero-order valence-electron chi connectivity index (χ0n) is 13.3. The van der Waals surface area contributed by atoms with Crippen LogP contribution in [0.2, 0.25) is 0 Å². The molecule has 3 saturated carbocycles. The average molecular weight is 278 g/mol. The number of ether oxygens (including phenoxy) is 1. The van der Waals surface area contributed by atoms with Crippen molar-refractivity contribution in [3.8, 4) is 0 Å². The standard InChI is InChI=1S/C17H26O3/c1-15(2)7-6-8-16(3)11-10(18)9-17(16,4)13(12(11)15)14(19)20-5/h11-13H,6-9H2,1-5H3/t11?,12-,13-,16+,17-/m1/s1. The summed E-state index contributed by atoms with van der Waals surface area (Å²) in [6, 6.07) is 0. The first-order valence-electron chi connectivity index (χ1n) is 7.79. The van der Waals surface area contributed by atoms with Crippen LogP contribution in [0.15, 0.2) is 0 Å². The van der Waals surface area contributed by atoms with Crippen LogP contribution in [0.5, 0.6) is 0 Å². The number of ketones is 1. The Kier molecular flexibility index (Phi) is 2.72. The molecule has 5 atom stereocenters. The molecule has 1 unspecified atom stereocenters. The van der Waals surface area contributed by atoms with Gasteiger partial charge < -0.3 is 4.74 Å². The molecule has 0 aromatic heterocycles. The van der Waals surface area contributed by atoms with Crippen LogP contribution in [0.25, 0.3) is 0 Å². The number of carbonyl (C=O) groups is 2. The fourth-order valence-electron chi connectivity index (χ4n) is 5.99. The lowest BCUT2D eigenvalue weighted by molar-refractivity contribution is -0.157. The summed E-state index contributed by atoms with van der Waals surface area (Å²) in [5.41, 5.74) is -0.208. The number of rotatable bonds is 1. The molecule has 0 aromatic carbocycles. The van der Waals surface area contributed by atoms with Crippen molar-refractivity contribution in [3.05, 3.63) is 0 Å². The van der Waals surface area contributed by atoms with Crippen LogP contribution in [0, 0.1) is 34.0 Å². The Morgan fingerprint density at radius 1 is 1.15 bits per heavy atom. The Hall–Kier alpha value is -0.860. The van der Waals surface area contributed by atoms with E-state index in [2.05, 4.69) is 27.7 Å². The molecular weight excluding hydrogens is 252 g/mol. The second kappa shape index (κ2) is 3.86. The van der Waals surface area contributed by atoms with Crippen molar-refractivity contribution < 1.29 is 14.3 Å². The summed E-state index contributed by atoms with van der Waals surface area (Å²) in [5.74, 6) is 0.363. The first-order chi connectivity index (χ1) is 9.19. The molecule has 0 N–H and O–H groups in total. The molecule has 0 aromatic rings. The number of methoxy groups -OCH3 is 1. The van der Waals surface area contributed by atoms with Crippen molar-refractivity contribution in [3.63, 3.8) is 0 Å². The SMILES string of the molecule is COC(=O)[C@H]1[C@H]2C3C(=O)C[C@@]1(C)[C@@]3(C)CCCC2(C)C. The topological polar surface area (TPSA) is 43.4 Å². The Morgan fingerprint density at radius 2 is 1.80 bits per heavy atom. The highest BCUT2D eigenvalue weighted by atomic mass is 16.5. The summed E-state index contributed by atoms with van der Waals surface area (Å²) in [4.78, 5) is 25.1. The molecule has 3 heteroatoms. The van der Waals surface area contributed by atoms with Gasteiger partial charge in [0.1, 0.15) is 5.78 Å². The molecule has 0 aliphatic heterocycles. The molecule has 3 aliphatic carbocycles. The van der Waals surface area contributed by atoms with Gasteiger partial charge in [-0.05, 0) is 35.0 Å². The summed E-state index contributed by atoms with van der Waals surface area (Å²) in [6.07, 6.45) is 3.88. The van der Waals surface area contributed by atoms with Gasteiger partial charge >= 0.3 is 5.97 Å². The molecule has 3 fully saturated rings.